The Morgan fingerprint density at radius 2 is 2.14 bits per heavy atom. The number of rotatable bonds is 10. The summed E-state index contributed by atoms with van der Waals surface area (Å²) in [6.07, 6.45) is 5.11. The van der Waals surface area contributed by atoms with Crippen LogP contribution in [0.4, 0.5) is 0 Å². The number of thioether (sulfide) groups is 1. The molecule has 0 unspecified atom stereocenters. The third-order valence-electron chi connectivity index (χ3n) is 1.46. The van der Waals surface area contributed by atoms with Gasteiger partial charge in [0, 0.05) is 26.0 Å². The normalized spacial score (nSPS) is 10.0. The molecule has 4 heteroatoms. The van der Waals surface area contributed by atoms with Gasteiger partial charge >= 0.3 is 0 Å². The first kappa shape index (κ1) is 13.8. The van der Waals surface area contributed by atoms with Crippen molar-refractivity contribution in [2.75, 3.05) is 51.5 Å². The molecule has 0 rings (SSSR count). The fourth-order valence-electron chi connectivity index (χ4n) is 0.789. The van der Waals surface area contributed by atoms with Crippen molar-refractivity contribution in [1.82, 2.24) is 5.32 Å². The first-order valence-corrected chi connectivity index (χ1v) is 5.86. The van der Waals surface area contributed by atoms with Crippen molar-refractivity contribution in [3.63, 3.8) is 0 Å². The summed E-state index contributed by atoms with van der Waals surface area (Å²) >= 11 is 1.77. The second kappa shape index (κ2) is 12.8. The van der Waals surface area contributed by atoms with Crippen molar-refractivity contribution in [2.24, 2.45) is 0 Å². The maximum Gasteiger partial charge on any atom is 0.0700 e. The molecule has 82 valence electrons. The van der Waals surface area contributed by atoms with E-state index in [0.717, 1.165) is 31.2 Å². The van der Waals surface area contributed by atoms with Gasteiger partial charge in [-0.3, -0.25) is 0 Å². The molecule has 0 aliphatic heterocycles. The standard InChI is InChI=1S/C10H19NO2S/c1-3-9-14-10-5-11-4-6-13-8-7-12-2/h1,11H,4-10H2,2H3. The van der Waals surface area contributed by atoms with Crippen LogP contribution in [-0.4, -0.2) is 51.5 Å². The predicted molar refractivity (Wildman–Crippen MR) is 61.7 cm³/mol. The summed E-state index contributed by atoms with van der Waals surface area (Å²) in [5, 5.41) is 3.27. The number of hydrogen-bond donors (Lipinski definition) is 1. The Balaban J connectivity index is 2.82. The van der Waals surface area contributed by atoms with Crippen molar-refractivity contribution in [3.05, 3.63) is 0 Å². The Kier molecular flexibility index (Phi) is 12.6. The van der Waals surface area contributed by atoms with Crippen LogP contribution >= 0.6 is 11.8 Å². The van der Waals surface area contributed by atoms with E-state index >= 15 is 0 Å². The van der Waals surface area contributed by atoms with Crippen LogP contribution in [-0.2, 0) is 9.47 Å². The monoisotopic (exact) mass is 217 g/mol. The van der Waals surface area contributed by atoms with Crippen molar-refractivity contribution in [3.8, 4) is 12.3 Å². The molecule has 0 aromatic rings. The molecular formula is C10H19NO2S. The summed E-state index contributed by atoms with van der Waals surface area (Å²) in [6.45, 7) is 3.95. The van der Waals surface area contributed by atoms with E-state index in [-0.39, 0.29) is 0 Å². The van der Waals surface area contributed by atoms with Gasteiger partial charge in [0.2, 0.25) is 0 Å². The van der Waals surface area contributed by atoms with Gasteiger partial charge < -0.3 is 14.8 Å². The number of methoxy groups -OCH3 is 1. The smallest absolute Gasteiger partial charge is 0.0700 e. The van der Waals surface area contributed by atoms with Crippen LogP contribution in [0.5, 0.6) is 0 Å². The highest BCUT2D eigenvalue weighted by Crippen LogP contribution is 1.94. The summed E-state index contributed by atoms with van der Waals surface area (Å²) in [4.78, 5) is 0. The van der Waals surface area contributed by atoms with Crippen molar-refractivity contribution in [1.29, 1.82) is 0 Å². The first-order chi connectivity index (χ1) is 6.91. The Morgan fingerprint density at radius 1 is 1.29 bits per heavy atom. The average Bonchev–Trinajstić information content (AvgIpc) is 2.21. The Labute approximate surface area is 90.9 Å². The van der Waals surface area contributed by atoms with Crippen LogP contribution in [0.1, 0.15) is 0 Å². The van der Waals surface area contributed by atoms with Crippen LogP contribution < -0.4 is 5.32 Å². The first-order valence-electron chi connectivity index (χ1n) is 4.70. The highest BCUT2D eigenvalue weighted by atomic mass is 32.2. The molecule has 0 fully saturated rings. The van der Waals surface area contributed by atoms with Gasteiger partial charge in [0.05, 0.1) is 25.6 Å². The molecule has 0 aliphatic carbocycles. The highest BCUT2D eigenvalue weighted by Gasteiger charge is 1.89. The molecular weight excluding hydrogens is 198 g/mol. The molecule has 0 heterocycles. The van der Waals surface area contributed by atoms with E-state index in [2.05, 4.69) is 11.2 Å². The highest BCUT2D eigenvalue weighted by molar-refractivity contribution is 7.99. The van der Waals surface area contributed by atoms with E-state index in [4.69, 9.17) is 15.9 Å². The fourth-order valence-corrected chi connectivity index (χ4v) is 1.34. The summed E-state index contributed by atoms with van der Waals surface area (Å²) in [5.41, 5.74) is 0. The Hall–Kier alpha value is -0.210. The topological polar surface area (TPSA) is 30.5 Å². The van der Waals surface area contributed by atoms with Crippen molar-refractivity contribution < 1.29 is 9.47 Å². The van der Waals surface area contributed by atoms with Gasteiger partial charge in [0.25, 0.3) is 0 Å². The maximum absolute atomic E-state index is 5.28. The molecule has 14 heavy (non-hydrogen) atoms. The zero-order valence-electron chi connectivity index (χ0n) is 8.75. The molecule has 0 aliphatic rings. The summed E-state index contributed by atoms with van der Waals surface area (Å²) in [5.74, 6) is 4.44. The third-order valence-corrected chi connectivity index (χ3v) is 2.33. The molecule has 0 aromatic heterocycles. The van der Waals surface area contributed by atoms with Gasteiger partial charge in [0.1, 0.15) is 0 Å². The summed E-state index contributed by atoms with van der Waals surface area (Å²) in [7, 11) is 1.67. The van der Waals surface area contributed by atoms with E-state index in [1.54, 1.807) is 18.9 Å². The molecule has 0 bridgehead atoms. The Morgan fingerprint density at radius 3 is 2.86 bits per heavy atom. The predicted octanol–water partition coefficient (Wildman–Crippen LogP) is 0.605. The number of nitrogens with one attached hydrogen (secondary N) is 1. The lowest BCUT2D eigenvalue weighted by molar-refractivity contribution is 0.0722. The maximum atomic E-state index is 5.28. The number of ether oxygens (including phenoxy) is 2. The lowest BCUT2D eigenvalue weighted by atomic mass is 10.6. The zero-order valence-corrected chi connectivity index (χ0v) is 9.57. The zero-order chi connectivity index (χ0) is 10.5. The molecule has 0 aromatic carbocycles. The molecule has 0 radical (unpaired) electrons. The van der Waals surface area contributed by atoms with E-state index < -0.39 is 0 Å². The van der Waals surface area contributed by atoms with Crippen LogP contribution in [0, 0.1) is 12.3 Å². The van der Waals surface area contributed by atoms with Gasteiger partial charge in [0.15, 0.2) is 0 Å². The fraction of sp³-hybridized carbons (Fsp3) is 0.800. The summed E-state index contributed by atoms with van der Waals surface area (Å²) in [6, 6.07) is 0. The lowest BCUT2D eigenvalue weighted by Crippen LogP contribution is -2.22. The van der Waals surface area contributed by atoms with E-state index in [9.17, 15) is 0 Å². The second-order valence-corrected chi connectivity index (χ2v) is 3.72. The number of hydrogen-bond acceptors (Lipinski definition) is 4. The molecule has 1 N–H and O–H groups in total. The van der Waals surface area contributed by atoms with Gasteiger partial charge in [-0.1, -0.05) is 5.92 Å². The lowest BCUT2D eigenvalue weighted by Gasteiger charge is -2.04. The quantitative estimate of drug-likeness (QED) is 0.429. The van der Waals surface area contributed by atoms with Crippen molar-refractivity contribution >= 4 is 11.8 Å². The minimum absolute atomic E-state index is 0.665. The molecule has 0 amide bonds. The van der Waals surface area contributed by atoms with Gasteiger partial charge in [-0.2, -0.15) is 0 Å². The molecule has 0 saturated heterocycles. The van der Waals surface area contributed by atoms with E-state index in [1.165, 1.54) is 0 Å². The van der Waals surface area contributed by atoms with Crippen LogP contribution in [0.25, 0.3) is 0 Å². The largest absolute Gasteiger partial charge is 0.382 e. The van der Waals surface area contributed by atoms with Gasteiger partial charge in [-0.25, -0.2) is 0 Å². The van der Waals surface area contributed by atoms with Gasteiger partial charge in [-0.05, 0) is 0 Å². The SMILES string of the molecule is C#CCSCCNCCOCCOC. The summed E-state index contributed by atoms with van der Waals surface area (Å²) < 4.78 is 10.1. The molecule has 0 spiro atoms. The van der Waals surface area contributed by atoms with E-state index in [0.29, 0.717) is 13.2 Å². The Bertz CT molecular complexity index is 148. The van der Waals surface area contributed by atoms with Gasteiger partial charge in [-0.15, -0.1) is 18.2 Å². The van der Waals surface area contributed by atoms with Crippen LogP contribution in [0.3, 0.4) is 0 Å². The second-order valence-electron chi connectivity index (χ2n) is 2.61. The number of terminal acetylenes is 1. The minimum atomic E-state index is 0.665. The third kappa shape index (κ3) is 11.8. The molecule has 3 nitrogen and oxygen atoms in total. The van der Waals surface area contributed by atoms with Crippen LogP contribution in [0.15, 0.2) is 0 Å². The van der Waals surface area contributed by atoms with E-state index in [1.807, 2.05) is 0 Å². The molecule has 0 atom stereocenters. The average molecular weight is 217 g/mol. The van der Waals surface area contributed by atoms with Crippen molar-refractivity contribution in [2.45, 2.75) is 0 Å². The molecule has 0 saturated carbocycles. The van der Waals surface area contributed by atoms with Crippen LogP contribution in [0.2, 0.25) is 0 Å². The minimum Gasteiger partial charge on any atom is -0.382 e.